The van der Waals surface area contributed by atoms with Crippen LogP contribution >= 0.6 is 0 Å². The van der Waals surface area contributed by atoms with Crippen molar-refractivity contribution < 1.29 is 58.0 Å². The predicted molar refractivity (Wildman–Crippen MR) is 414 cm³/mol. The first-order chi connectivity index (χ1) is 44.2. The van der Waals surface area contributed by atoms with Crippen LogP contribution < -0.4 is 4.74 Å². The number of unbranched alkanes of at least 4 members (excludes halogenated alkanes) is 12. The van der Waals surface area contributed by atoms with Gasteiger partial charge in [0, 0.05) is 38.7 Å². The van der Waals surface area contributed by atoms with Crippen molar-refractivity contribution in [1.29, 1.82) is 0 Å². The number of rotatable bonds is 40. The molecule has 12 nitrogen and oxygen atoms in total. The zero-order valence-corrected chi connectivity index (χ0v) is 69.2. The van der Waals surface area contributed by atoms with Gasteiger partial charge < -0.3 is 38.8 Å². The van der Waals surface area contributed by atoms with Gasteiger partial charge >= 0.3 is 5.97 Å². The summed E-state index contributed by atoms with van der Waals surface area (Å²) in [5.74, 6) is 1.78. The molecule has 0 aliphatic rings. The monoisotopic (exact) mass is 1380 g/mol. The number of benzene rings is 1. The topological polar surface area (TPSA) is 188 Å². The normalized spacial score (nSPS) is 12.3. The van der Waals surface area contributed by atoms with Crippen LogP contribution in [0.25, 0.3) is 0 Å². The Hall–Kier alpha value is -3.61. The summed E-state index contributed by atoms with van der Waals surface area (Å²) in [7, 11) is 0. The average Bonchev–Trinajstić information content (AvgIpc) is 1.11. The summed E-state index contributed by atoms with van der Waals surface area (Å²) in [6.45, 7) is 60.1. The van der Waals surface area contributed by atoms with Gasteiger partial charge in [0.25, 0.3) is 0 Å². The van der Waals surface area contributed by atoms with Crippen LogP contribution in [0.5, 0.6) is 5.75 Å². The maximum Gasteiger partial charge on any atom is 0.305 e. The number of carbonyl (C=O) groups is 7. The number of hydrogen-bond donors (Lipinski definition) is 2. The van der Waals surface area contributed by atoms with E-state index in [-0.39, 0.29) is 53.8 Å². The van der Waals surface area contributed by atoms with Crippen LogP contribution in [0, 0.1) is 37.9 Å². The predicted octanol–water partition coefficient (Wildman–Crippen LogP) is 23.4. The quantitative estimate of drug-likeness (QED) is 0.0468. The zero-order valence-electron chi connectivity index (χ0n) is 69.2. The van der Waals surface area contributed by atoms with Crippen molar-refractivity contribution in [3.8, 4) is 5.75 Å². The molecule has 0 bridgehead atoms. The molecule has 0 aromatic heterocycles. The van der Waals surface area contributed by atoms with Crippen molar-refractivity contribution >= 4 is 40.7 Å². The van der Waals surface area contributed by atoms with Crippen LogP contribution in [-0.2, 0) is 49.5 Å². The number of aliphatic hydroxyl groups is 2. The molecule has 1 aromatic rings. The minimum atomic E-state index is -0.900. The summed E-state index contributed by atoms with van der Waals surface area (Å²) in [5.41, 5.74) is 4.03. The van der Waals surface area contributed by atoms with E-state index < -0.39 is 12.2 Å². The Labute approximate surface area is 600 Å². The Kier molecular flexibility index (Phi) is 64.6. The molecular formula is C85H162O12. The second-order valence-corrected chi connectivity index (χ2v) is 36.1. The summed E-state index contributed by atoms with van der Waals surface area (Å²) in [4.78, 5) is 74.9. The maximum absolute atomic E-state index is 11.0. The van der Waals surface area contributed by atoms with Gasteiger partial charge in [0.1, 0.15) is 42.1 Å². The van der Waals surface area contributed by atoms with Gasteiger partial charge in [-0.3, -0.25) is 19.2 Å². The third-order valence-electron chi connectivity index (χ3n) is 14.9. The first kappa shape index (κ1) is 104. The molecule has 1 aromatic carbocycles. The number of ketones is 6. The fourth-order valence-electron chi connectivity index (χ4n) is 9.57. The average molecular weight is 1380 g/mol. The van der Waals surface area contributed by atoms with Gasteiger partial charge in [-0.25, -0.2) is 0 Å². The molecule has 12 heteroatoms. The van der Waals surface area contributed by atoms with Gasteiger partial charge in [-0.1, -0.05) is 241 Å². The lowest BCUT2D eigenvalue weighted by atomic mass is 9.88. The SMILES string of the molecule is CC(=O)CC(O)C(O)CCCC(C)(C)C.CC(=O)CCCCCC(C)(C)C.CC(=O)CCCCCCC(C)(C)C.CC(=O)CCCCCCC(C)(C)C.CC(=O)COCCCCC(C)(C)C.CC(=O)COc1cccc(CC(C)(C)C)c1.CCOC(=O)CCCCCCC(C)(C)C. The molecule has 0 saturated heterocycles. The standard InChI is InChI=1S/C14H20O2.C13H26O2.C12H24O3.2C12H24O.C11H22O2.C11H22O/c1-11(15)10-16-13-7-5-6-12(8-13)9-14(2,3)4;1-5-15-12(14)10-8-6-7-9-11-13(2,3)4;1-9(13)8-11(15)10(14)6-5-7-12(2,3)4;2*1-11(13)9-7-5-6-8-10-12(2,3)4;1-10(12)9-13-8-6-5-7-11(2,3)4;1-10(12)8-6-5-7-9-11(2,3)4/h5-8H,9-10H2,1-4H3;5-11H2,1-4H3;10-11,14-15H,5-8H2,1-4H3;2*5-10H2,1-4H3;5-9H2,1-4H3;5-9H2,1-4H3. The number of hydrogen-bond acceptors (Lipinski definition) is 12. The van der Waals surface area contributed by atoms with Crippen LogP contribution in [0.1, 0.15) is 392 Å². The molecule has 2 N–H and O–H groups in total. The molecule has 0 fully saturated rings. The van der Waals surface area contributed by atoms with Crippen molar-refractivity contribution in [1.82, 2.24) is 0 Å². The maximum atomic E-state index is 11.0. The zero-order chi connectivity index (χ0) is 76.5. The summed E-state index contributed by atoms with van der Waals surface area (Å²) in [5, 5.41) is 19.0. The minimum Gasteiger partial charge on any atom is -0.486 e. The second kappa shape index (κ2) is 60.0. The van der Waals surface area contributed by atoms with Crippen molar-refractivity contribution in [3.63, 3.8) is 0 Å². The number of esters is 1. The van der Waals surface area contributed by atoms with Crippen LogP contribution in [0.2, 0.25) is 0 Å². The molecule has 0 radical (unpaired) electrons. The van der Waals surface area contributed by atoms with Gasteiger partial charge in [0.05, 0.1) is 18.8 Å². The number of carbonyl (C=O) groups excluding carboxylic acids is 7. The third kappa shape index (κ3) is 109. The number of aliphatic hydroxyl groups excluding tert-OH is 2. The van der Waals surface area contributed by atoms with Crippen LogP contribution in [0.15, 0.2) is 24.3 Å². The highest BCUT2D eigenvalue weighted by Gasteiger charge is 2.20. The first-order valence-corrected chi connectivity index (χ1v) is 38.0. The van der Waals surface area contributed by atoms with Gasteiger partial charge in [-0.2, -0.15) is 0 Å². The van der Waals surface area contributed by atoms with Gasteiger partial charge in [-0.15, -0.1) is 0 Å². The van der Waals surface area contributed by atoms with E-state index in [2.05, 4.69) is 151 Å². The summed E-state index contributed by atoms with van der Waals surface area (Å²) < 4.78 is 15.4. The Morgan fingerprint density at radius 2 is 0.701 bits per heavy atom. The molecule has 0 heterocycles. The van der Waals surface area contributed by atoms with Crippen LogP contribution in [0.3, 0.4) is 0 Å². The highest BCUT2D eigenvalue weighted by atomic mass is 16.5. The molecule has 97 heavy (non-hydrogen) atoms. The molecule has 0 aliphatic heterocycles. The fraction of sp³-hybridized carbons (Fsp3) is 0.847. The highest BCUT2D eigenvalue weighted by molar-refractivity contribution is 5.77. The lowest BCUT2D eigenvalue weighted by Crippen LogP contribution is -2.28. The molecule has 2 atom stereocenters. The molecule has 2 unspecified atom stereocenters. The van der Waals surface area contributed by atoms with Crippen molar-refractivity contribution in [2.75, 3.05) is 26.4 Å². The molecule has 0 spiro atoms. The Bertz CT molecular complexity index is 2020. The van der Waals surface area contributed by atoms with Gasteiger partial charge in [0.2, 0.25) is 0 Å². The van der Waals surface area contributed by atoms with Crippen LogP contribution in [0.4, 0.5) is 0 Å². The molecule has 0 amide bonds. The molecule has 0 aliphatic carbocycles. The molecule has 1 rings (SSSR count). The molecular weight excluding hydrogens is 1210 g/mol. The van der Waals surface area contributed by atoms with Crippen molar-refractivity contribution in [3.05, 3.63) is 29.8 Å². The van der Waals surface area contributed by atoms with Crippen molar-refractivity contribution in [2.45, 2.75) is 405 Å². The lowest BCUT2D eigenvalue weighted by Gasteiger charge is -2.21. The summed E-state index contributed by atoms with van der Waals surface area (Å²) in [6, 6.07) is 7.95. The lowest BCUT2D eigenvalue weighted by molar-refractivity contribution is -0.143. The largest absolute Gasteiger partial charge is 0.486 e. The van der Waals surface area contributed by atoms with E-state index in [4.69, 9.17) is 14.2 Å². The Morgan fingerprint density at radius 1 is 0.371 bits per heavy atom. The van der Waals surface area contributed by atoms with Gasteiger partial charge in [0.15, 0.2) is 11.6 Å². The summed E-state index contributed by atoms with van der Waals surface area (Å²) >= 11 is 0. The molecule has 0 saturated carbocycles. The van der Waals surface area contributed by atoms with E-state index >= 15 is 0 Å². The van der Waals surface area contributed by atoms with E-state index in [9.17, 15) is 43.8 Å². The van der Waals surface area contributed by atoms with E-state index in [1.165, 1.54) is 122 Å². The fourth-order valence-corrected chi connectivity index (χ4v) is 9.57. The highest BCUT2D eigenvalue weighted by Crippen LogP contribution is 2.28. The Morgan fingerprint density at radius 3 is 1.02 bits per heavy atom. The first-order valence-electron chi connectivity index (χ1n) is 38.0. The van der Waals surface area contributed by atoms with Crippen molar-refractivity contribution in [2.24, 2.45) is 37.9 Å². The van der Waals surface area contributed by atoms with Crippen LogP contribution in [-0.4, -0.2) is 89.5 Å². The Balaban J connectivity index is -0.000000250. The van der Waals surface area contributed by atoms with E-state index in [0.29, 0.717) is 63.9 Å². The number of ether oxygens (including phenoxy) is 3. The van der Waals surface area contributed by atoms with E-state index in [1.54, 1.807) is 27.7 Å². The summed E-state index contributed by atoms with van der Waals surface area (Å²) in [6.07, 6.45) is 31.3. The third-order valence-corrected chi connectivity index (χ3v) is 14.9. The smallest absolute Gasteiger partial charge is 0.305 e. The van der Waals surface area contributed by atoms with Gasteiger partial charge in [-0.05, 0) is 188 Å². The van der Waals surface area contributed by atoms with E-state index in [0.717, 1.165) is 89.4 Å². The molecule has 574 valence electrons. The number of Topliss-reactive ketones (excluding diaryl/α,β-unsaturated/α-hetero) is 6. The minimum absolute atomic E-state index is 0.0428. The van der Waals surface area contributed by atoms with E-state index in [1.807, 2.05) is 25.1 Å². The second-order valence-electron chi connectivity index (χ2n) is 36.1.